The lowest BCUT2D eigenvalue weighted by molar-refractivity contribution is -0.116. The molecule has 2 heterocycles. The third-order valence-electron chi connectivity index (χ3n) is 4.66. The molecule has 1 aromatic carbocycles. The predicted octanol–water partition coefficient (Wildman–Crippen LogP) is 4.39. The number of nitrogens with one attached hydrogen (secondary N) is 1. The van der Waals surface area contributed by atoms with E-state index in [1.54, 1.807) is 23.2 Å². The van der Waals surface area contributed by atoms with Crippen LogP contribution in [-0.2, 0) is 11.3 Å². The molecule has 1 amide bonds. The standard InChI is InChI=1S/C22H26N4O2/c1-3-5-6-7-21(27)25-20-11-9-17(14-23-20)16-8-10-19-18(13-16)22(28)26(12-4-2)15-24-19/h8-11,13-15H,3-7,12H2,1-2H3,(H,23,25,27). The number of unbranched alkanes of at least 4 members (excludes halogenated alkanes) is 2. The van der Waals surface area contributed by atoms with Crippen LogP contribution in [0.2, 0.25) is 0 Å². The Morgan fingerprint density at radius 2 is 1.86 bits per heavy atom. The number of carbonyl (C=O) groups excluding carboxylic acids is 1. The molecule has 0 spiro atoms. The van der Waals surface area contributed by atoms with Crippen molar-refractivity contribution in [1.82, 2.24) is 14.5 Å². The van der Waals surface area contributed by atoms with Gasteiger partial charge in [-0.15, -0.1) is 0 Å². The Kier molecular flexibility index (Phi) is 6.53. The topological polar surface area (TPSA) is 76.9 Å². The van der Waals surface area contributed by atoms with Crippen LogP contribution in [0.5, 0.6) is 0 Å². The second-order valence-corrected chi connectivity index (χ2v) is 6.91. The number of aryl methyl sites for hydroxylation is 1. The molecule has 0 aliphatic heterocycles. The van der Waals surface area contributed by atoms with Crippen molar-refractivity contribution in [1.29, 1.82) is 0 Å². The molecule has 146 valence electrons. The fourth-order valence-corrected chi connectivity index (χ4v) is 3.12. The molecule has 6 heteroatoms. The van der Waals surface area contributed by atoms with Gasteiger partial charge in [0.1, 0.15) is 5.82 Å². The predicted molar refractivity (Wildman–Crippen MR) is 112 cm³/mol. The Labute approximate surface area is 164 Å². The van der Waals surface area contributed by atoms with Crippen molar-refractivity contribution in [2.45, 2.75) is 52.5 Å². The van der Waals surface area contributed by atoms with Crippen LogP contribution < -0.4 is 10.9 Å². The summed E-state index contributed by atoms with van der Waals surface area (Å²) >= 11 is 0. The summed E-state index contributed by atoms with van der Waals surface area (Å²) in [7, 11) is 0. The van der Waals surface area contributed by atoms with Gasteiger partial charge in [0.25, 0.3) is 5.56 Å². The van der Waals surface area contributed by atoms with Crippen LogP contribution in [0.4, 0.5) is 5.82 Å². The molecular formula is C22H26N4O2. The fourth-order valence-electron chi connectivity index (χ4n) is 3.12. The molecule has 0 bridgehead atoms. The highest BCUT2D eigenvalue weighted by Crippen LogP contribution is 2.22. The number of rotatable bonds is 8. The Hall–Kier alpha value is -3.02. The zero-order valence-corrected chi connectivity index (χ0v) is 16.4. The van der Waals surface area contributed by atoms with E-state index in [-0.39, 0.29) is 11.5 Å². The van der Waals surface area contributed by atoms with Crippen molar-refractivity contribution in [3.8, 4) is 11.1 Å². The zero-order valence-electron chi connectivity index (χ0n) is 16.4. The summed E-state index contributed by atoms with van der Waals surface area (Å²) < 4.78 is 1.64. The molecule has 0 aliphatic carbocycles. The highest BCUT2D eigenvalue weighted by molar-refractivity contribution is 5.90. The number of nitrogens with zero attached hydrogens (tertiary/aromatic N) is 3. The van der Waals surface area contributed by atoms with Gasteiger partial charge in [-0.2, -0.15) is 0 Å². The van der Waals surface area contributed by atoms with E-state index in [1.807, 2.05) is 31.2 Å². The first kappa shape index (κ1) is 19.7. The van der Waals surface area contributed by atoms with Crippen molar-refractivity contribution in [3.05, 3.63) is 53.2 Å². The normalized spacial score (nSPS) is 10.9. The minimum absolute atomic E-state index is 0.0121. The van der Waals surface area contributed by atoms with E-state index in [0.717, 1.165) is 36.8 Å². The Balaban J connectivity index is 1.79. The van der Waals surface area contributed by atoms with Crippen LogP contribution >= 0.6 is 0 Å². The van der Waals surface area contributed by atoms with E-state index in [9.17, 15) is 9.59 Å². The number of hydrogen-bond donors (Lipinski definition) is 1. The van der Waals surface area contributed by atoms with Gasteiger partial charge in [0.2, 0.25) is 5.91 Å². The van der Waals surface area contributed by atoms with Crippen LogP contribution in [0.15, 0.2) is 47.7 Å². The maximum Gasteiger partial charge on any atom is 0.261 e. The molecule has 0 radical (unpaired) electrons. The van der Waals surface area contributed by atoms with Gasteiger partial charge in [-0.25, -0.2) is 9.97 Å². The molecule has 0 atom stereocenters. The summed E-state index contributed by atoms with van der Waals surface area (Å²) in [4.78, 5) is 33.3. The first-order valence-corrected chi connectivity index (χ1v) is 9.88. The van der Waals surface area contributed by atoms with E-state index < -0.39 is 0 Å². The van der Waals surface area contributed by atoms with Gasteiger partial charge in [-0.05, 0) is 42.7 Å². The van der Waals surface area contributed by atoms with Gasteiger partial charge in [-0.3, -0.25) is 14.2 Å². The van der Waals surface area contributed by atoms with E-state index in [1.165, 1.54) is 0 Å². The second kappa shape index (κ2) is 9.26. The average molecular weight is 378 g/mol. The third-order valence-corrected chi connectivity index (χ3v) is 4.66. The quantitative estimate of drug-likeness (QED) is 0.590. The Morgan fingerprint density at radius 1 is 1.04 bits per heavy atom. The molecule has 0 fully saturated rings. The number of fused-ring (bicyclic) bond motifs is 1. The highest BCUT2D eigenvalue weighted by Gasteiger charge is 2.08. The van der Waals surface area contributed by atoms with Crippen LogP contribution in [0, 0.1) is 0 Å². The van der Waals surface area contributed by atoms with Crippen LogP contribution in [0.25, 0.3) is 22.0 Å². The summed E-state index contributed by atoms with van der Waals surface area (Å²) in [5, 5.41) is 3.43. The summed E-state index contributed by atoms with van der Waals surface area (Å²) in [6, 6.07) is 9.33. The van der Waals surface area contributed by atoms with Crippen molar-refractivity contribution < 1.29 is 4.79 Å². The SMILES string of the molecule is CCCCCC(=O)Nc1ccc(-c2ccc3ncn(CCC)c(=O)c3c2)cn1. The number of amides is 1. The van der Waals surface area contributed by atoms with Crippen molar-refractivity contribution in [2.75, 3.05) is 5.32 Å². The van der Waals surface area contributed by atoms with Crippen molar-refractivity contribution >= 4 is 22.6 Å². The molecule has 0 unspecified atom stereocenters. The number of anilines is 1. The fraction of sp³-hybridized carbons (Fsp3) is 0.364. The third kappa shape index (κ3) is 4.63. The number of hydrogen-bond acceptors (Lipinski definition) is 4. The van der Waals surface area contributed by atoms with Crippen molar-refractivity contribution in [2.24, 2.45) is 0 Å². The molecule has 2 aromatic heterocycles. The zero-order chi connectivity index (χ0) is 19.9. The lowest BCUT2D eigenvalue weighted by Crippen LogP contribution is -2.20. The van der Waals surface area contributed by atoms with Gasteiger partial charge in [-0.1, -0.05) is 32.8 Å². The van der Waals surface area contributed by atoms with Gasteiger partial charge in [0.05, 0.1) is 17.2 Å². The van der Waals surface area contributed by atoms with Crippen LogP contribution in [-0.4, -0.2) is 20.4 Å². The van der Waals surface area contributed by atoms with Gasteiger partial charge in [0.15, 0.2) is 0 Å². The molecule has 0 saturated heterocycles. The Morgan fingerprint density at radius 3 is 2.57 bits per heavy atom. The van der Waals surface area contributed by atoms with Crippen molar-refractivity contribution in [3.63, 3.8) is 0 Å². The molecule has 0 saturated carbocycles. The average Bonchev–Trinajstić information content (AvgIpc) is 2.71. The molecule has 1 N–H and O–H groups in total. The number of benzene rings is 1. The van der Waals surface area contributed by atoms with Crippen LogP contribution in [0.3, 0.4) is 0 Å². The monoisotopic (exact) mass is 378 g/mol. The summed E-state index contributed by atoms with van der Waals surface area (Å²) in [5.41, 5.74) is 2.44. The number of aromatic nitrogens is 3. The second-order valence-electron chi connectivity index (χ2n) is 6.91. The molecule has 3 rings (SSSR count). The highest BCUT2D eigenvalue weighted by atomic mass is 16.1. The van der Waals surface area contributed by atoms with E-state index >= 15 is 0 Å². The smallest absolute Gasteiger partial charge is 0.261 e. The first-order chi connectivity index (χ1) is 13.6. The van der Waals surface area contributed by atoms with Gasteiger partial charge < -0.3 is 5.32 Å². The summed E-state index contributed by atoms with van der Waals surface area (Å²) in [6.07, 6.45) is 7.74. The number of pyridine rings is 1. The summed E-state index contributed by atoms with van der Waals surface area (Å²) in [6.45, 7) is 4.79. The maximum absolute atomic E-state index is 12.6. The molecule has 0 aliphatic rings. The lowest BCUT2D eigenvalue weighted by Gasteiger charge is -2.08. The van der Waals surface area contributed by atoms with E-state index in [0.29, 0.717) is 29.7 Å². The van der Waals surface area contributed by atoms with Gasteiger partial charge >= 0.3 is 0 Å². The molecular weight excluding hydrogens is 352 g/mol. The first-order valence-electron chi connectivity index (χ1n) is 9.88. The minimum Gasteiger partial charge on any atom is -0.311 e. The molecule has 6 nitrogen and oxygen atoms in total. The van der Waals surface area contributed by atoms with E-state index in [4.69, 9.17) is 0 Å². The maximum atomic E-state index is 12.6. The molecule has 3 aromatic rings. The lowest BCUT2D eigenvalue weighted by atomic mass is 10.1. The minimum atomic E-state index is -0.0300. The molecule has 28 heavy (non-hydrogen) atoms. The van der Waals surface area contributed by atoms with Gasteiger partial charge in [0, 0.05) is 24.7 Å². The van der Waals surface area contributed by atoms with Crippen LogP contribution in [0.1, 0.15) is 46.0 Å². The summed E-state index contributed by atoms with van der Waals surface area (Å²) in [5.74, 6) is 0.528. The van der Waals surface area contributed by atoms with E-state index in [2.05, 4.69) is 22.2 Å². The number of carbonyl (C=O) groups is 1. The largest absolute Gasteiger partial charge is 0.311 e. The Bertz CT molecular complexity index is 1010.